The highest BCUT2D eigenvalue weighted by Gasteiger charge is 2.20. The zero-order chi connectivity index (χ0) is 20.6. The number of nitrogens with one attached hydrogen (secondary N) is 1. The smallest absolute Gasteiger partial charge is 0.338 e. The molecule has 0 unspecified atom stereocenters. The molecular formula is C23H25N3O3. The minimum Gasteiger partial charge on any atom is -0.449 e. The van der Waals surface area contributed by atoms with Crippen molar-refractivity contribution < 1.29 is 14.3 Å². The van der Waals surface area contributed by atoms with Gasteiger partial charge in [0.2, 0.25) is 0 Å². The lowest BCUT2D eigenvalue weighted by Gasteiger charge is -2.18. The van der Waals surface area contributed by atoms with Crippen molar-refractivity contribution >= 4 is 11.9 Å². The van der Waals surface area contributed by atoms with Crippen molar-refractivity contribution in [1.29, 1.82) is 0 Å². The summed E-state index contributed by atoms with van der Waals surface area (Å²) < 4.78 is 7.02. The summed E-state index contributed by atoms with van der Waals surface area (Å²) in [4.78, 5) is 24.7. The molecule has 0 saturated carbocycles. The third kappa shape index (κ3) is 5.31. The van der Waals surface area contributed by atoms with Crippen LogP contribution in [0.2, 0.25) is 0 Å². The summed E-state index contributed by atoms with van der Waals surface area (Å²) in [5.74, 6) is -0.617. The van der Waals surface area contributed by atoms with Crippen molar-refractivity contribution in [3.05, 3.63) is 84.2 Å². The van der Waals surface area contributed by atoms with Crippen molar-refractivity contribution in [2.24, 2.45) is 0 Å². The van der Waals surface area contributed by atoms with Gasteiger partial charge in [0, 0.05) is 24.9 Å². The number of ether oxygens (including phenoxy) is 1. The predicted molar refractivity (Wildman–Crippen MR) is 111 cm³/mol. The molecule has 3 aromatic rings. The Balaban J connectivity index is 1.53. The molecule has 0 bridgehead atoms. The molecule has 2 atom stereocenters. The third-order valence-electron chi connectivity index (χ3n) is 4.81. The minimum absolute atomic E-state index is 0.220. The molecule has 0 aliphatic heterocycles. The second-order valence-corrected chi connectivity index (χ2v) is 6.81. The first kappa shape index (κ1) is 20.3. The van der Waals surface area contributed by atoms with Crippen LogP contribution in [0.5, 0.6) is 0 Å². The van der Waals surface area contributed by atoms with Gasteiger partial charge >= 0.3 is 5.97 Å². The molecule has 6 heteroatoms. The van der Waals surface area contributed by atoms with E-state index in [1.165, 1.54) is 5.56 Å². The molecule has 1 aromatic heterocycles. The van der Waals surface area contributed by atoms with Crippen LogP contribution in [0.4, 0.5) is 0 Å². The van der Waals surface area contributed by atoms with E-state index in [2.05, 4.69) is 29.5 Å². The van der Waals surface area contributed by atoms with Crippen LogP contribution < -0.4 is 5.32 Å². The summed E-state index contributed by atoms with van der Waals surface area (Å²) in [6.45, 7) is 4.16. The van der Waals surface area contributed by atoms with E-state index in [0.29, 0.717) is 12.1 Å². The summed E-state index contributed by atoms with van der Waals surface area (Å²) in [7, 11) is 0. The Kier molecular flexibility index (Phi) is 6.79. The quantitative estimate of drug-likeness (QED) is 0.594. The first-order chi connectivity index (χ1) is 14.1. The highest BCUT2D eigenvalue weighted by atomic mass is 16.5. The summed E-state index contributed by atoms with van der Waals surface area (Å²) in [5.41, 5.74) is 2.40. The van der Waals surface area contributed by atoms with Gasteiger partial charge in [-0.1, -0.05) is 37.3 Å². The zero-order valence-corrected chi connectivity index (χ0v) is 16.6. The number of amides is 1. The number of aromatic nitrogens is 2. The van der Waals surface area contributed by atoms with Gasteiger partial charge in [0.1, 0.15) is 0 Å². The zero-order valence-electron chi connectivity index (χ0n) is 16.6. The number of esters is 1. The maximum absolute atomic E-state index is 12.4. The van der Waals surface area contributed by atoms with Gasteiger partial charge in [-0.3, -0.25) is 4.79 Å². The molecule has 150 valence electrons. The van der Waals surface area contributed by atoms with Gasteiger partial charge < -0.3 is 10.1 Å². The Hall–Kier alpha value is -3.41. The first-order valence-electron chi connectivity index (χ1n) is 9.72. The molecule has 0 aliphatic rings. The molecule has 29 heavy (non-hydrogen) atoms. The van der Waals surface area contributed by atoms with E-state index in [0.717, 1.165) is 12.1 Å². The minimum atomic E-state index is -0.874. The second-order valence-electron chi connectivity index (χ2n) is 6.81. The Morgan fingerprint density at radius 2 is 1.79 bits per heavy atom. The lowest BCUT2D eigenvalue weighted by molar-refractivity contribution is -0.129. The fraction of sp³-hybridized carbons (Fsp3) is 0.261. The van der Waals surface area contributed by atoms with Crippen LogP contribution >= 0.6 is 0 Å². The molecule has 0 saturated heterocycles. The maximum atomic E-state index is 12.4. The normalized spacial score (nSPS) is 12.8. The van der Waals surface area contributed by atoms with E-state index in [1.54, 1.807) is 42.1 Å². The number of carbonyl (C=O) groups is 2. The Morgan fingerprint density at radius 3 is 2.41 bits per heavy atom. The van der Waals surface area contributed by atoms with E-state index in [9.17, 15) is 9.59 Å². The maximum Gasteiger partial charge on any atom is 0.338 e. The molecule has 0 spiro atoms. The molecule has 6 nitrogen and oxygen atoms in total. The van der Waals surface area contributed by atoms with Crippen LogP contribution in [-0.2, 0) is 9.53 Å². The standard InChI is InChI=1S/C23H25N3O3/c1-3-18(19-8-5-4-6-9-19)16-24-22(27)17(2)29-23(28)20-10-12-21(13-11-20)26-15-7-14-25-26/h4-15,17-18H,3,16H2,1-2H3,(H,24,27)/t17-,18-/m0/s1. The molecule has 0 fully saturated rings. The van der Waals surface area contributed by atoms with Gasteiger partial charge in [-0.25, -0.2) is 9.48 Å². The lowest BCUT2D eigenvalue weighted by atomic mass is 9.96. The van der Waals surface area contributed by atoms with E-state index >= 15 is 0 Å². The molecular weight excluding hydrogens is 366 g/mol. The third-order valence-corrected chi connectivity index (χ3v) is 4.81. The van der Waals surface area contributed by atoms with Crippen LogP contribution in [0.3, 0.4) is 0 Å². The van der Waals surface area contributed by atoms with Crippen LogP contribution in [-0.4, -0.2) is 34.3 Å². The largest absolute Gasteiger partial charge is 0.449 e. The first-order valence-corrected chi connectivity index (χ1v) is 9.72. The Labute approximate surface area is 170 Å². The van der Waals surface area contributed by atoms with Gasteiger partial charge in [-0.15, -0.1) is 0 Å². The second kappa shape index (κ2) is 9.68. The number of hydrogen-bond donors (Lipinski definition) is 1. The molecule has 2 aromatic carbocycles. The van der Waals surface area contributed by atoms with Crippen molar-refractivity contribution in [2.75, 3.05) is 6.54 Å². The Bertz CT molecular complexity index is 922. The van der Waals surface area contributed by atoms with E-state index in [1.807, 2.05) is 30.5 Å². The van der Waals surface area contributed by atoms with Gasteiger partial charge in [0.05, 0.1) is 11.3 Å². The summed E-state index contributed by atoms with van der Waals surface area (Å²) >= 11 is 0. The molecule has 1 N–H and O–H groups in total. The van der Waals surface area contributed by atoms with Crippen molar-refractivity contribution in [1.82, 2.24) is 15.1 Å². The van der Waals surface area contributed by atoms with E-state index in [4.69, 9.17) is 4.74 Å². The lowest BCUT2D eigenvalue weighted by Crippen LogP contribution is -2.38. The van der Waals surface area contributed by atoms with Gasteiger partial charge in [0.15, 0.2) is 6.10 Å². The molecule has 1 heterocycles. The van der Waals surface area contributed by atoms with Crippen LogP contribution in [0.25, 0.3) is 5.69 Å². The van der Waals surface area contributed by atoms with Gasteiger partial charge in [0.25, 0.3) is 5.91 Å². The molecule has 0 aliphatic carbocycles. The van der Waals surface area contributed by atoms with Crippen LogP contribution in [0.1, 0.15) is 42.1 Å². The fourth-order valence-electron chi connectivity index (χ4n) is 3.04. The number of carbonyl (C=O) groups excluding carboxylic acids is 2. The van der Waals surface area contributed by atoms with E-state index < -0.39 is 12.1 Å². The van der Waals surface area contributed by atoms with Crippen LogP contribution in [0.15, 0.2) is 73.1 Å². The van der Waals surface area contributed by atoms with Gasteiger partial charge in [-0.2, -0.15) is 5.10 Å². The average Bonchev–Trinajstić information content (AvgIpc) is 3.30. The SMILES string of the molecule is CC[C@@H](CNC(=O)[C@H](C)OC(=O)c1ccc(-n2cccn2)cc1)c1ccccc1. The summed E-state index contributed by atoms with van der Waals surface area (Å²) in [6.07, 6.45) is 3.53. The average molecular weight is 391 g/mol. The molecule has 3 rings (SSSR count). The summed E-state index contributed by atoms with van der Waals surface area (Å²) in [6, 6.07) is 18.7. The van der Waals surface area contributed by atoms with Crippen molar-refractivity contribution in [3.63, 3.8) is 0 Å². The number of benzene rings is 2. The fourth-order valence-corrected chi connectivity index (χ4v) is 3.04. The van der Waals surface area contributed by atoms with Crippen molar-refractivity contribution in [2.45, 2.75) is 32.3 Å². The highest BCUT2D eigenvalue weighted by molar-refractivity contribution is 5.92. The predicted octanol–water partition coefficient (Wildman–Crippen LogP) is 3.73. The van der Waals surface area contributed by atoms with E-state index in [-0.39, 0.29) is 11.8 Å². The monoisotopic (exact) mass is 391 g/mol. The van der Waals surface area contributed by atoms with Crippen molar-refractivity contribution in [3.8, 4) is 5.69 Å². The Morgan fingerprint density at radius 1 is 1.07 bits per heavy atom. The highest BCUT2D eigenvalue weighted by Crippen LogP contribution is 2.18. The number of rotatable bonds is 8. The molecule has 0 radical (unpaired) electrons. The number of nitrogens with zero attached hydrogens (tertiary/aromatic N) is 2. The van der Waals surface area contributed by atoms with Gasteiger partial charge in [-0.05, 0) is 49.2 Å². The van der Waals surface area contributed by atoms with Crippen LogP contribution in [0, 0.1) is 0 Å². The molecule has 1 amide bonds. The topological polar surface area (TPSA) is 73.2 Å². The number of hydrogen-bond acceptors (Lipinski definition) is 4. The summed E-state index contributed by atoms with van der Waals surface area (Å²) in [5, 5.41) is 7.03.